The highest BCUT2D eigenvalue weighted by molar-refractivity contribution is 5.92. The first-order chi connectivity index (χ1) is 13.6. The monoisotopic (exact) mass is 381 g/mol. The molecule has 0 atom stereocenters. The summed E-state index contributed by atoms with van der Waals surface area (Å²) in [7, 11) is 1.79. The van der Waals surface area contributed by atoms with Gasteiger partial charge in [-0.15, -0.1) is 11.8 Å². The van der Waals surface area contributed by atoms with Crippen LogP contribution in [0.15, 0.2) is 30.3 Å². The van der Waals surface area contributed by atoms with Gasteiger partial charge in [0.25, 0.3) is 5.91 Å². The molecular weight excluding hydrogens is 350 g/mol. The van der Waals surface area contributed by atoms with Crippen LogP contribution in [-0.4, -0.2) is 22.3 Å². The standard InChI is InChI=1S/C23H31N3O2/c1-4-6-7-8-9-10-11-15-28-21-14-12-13-19(16-21)18-24-23(27)22-17-20(5-2)25-26(22)3/h12-14,16-17H,5,7-11,15,18H2,1-3H3,(H,24,27). The van der Waals surface area contributed by atoms with E-state index in [9.17, 15) is 4.79 Å². The van der Waals surface area contributed by atoms with E-state index in [2.05, 4.69) is 22.3 Å². The Kier molecular flexibility index (Phi) is 9.14. The number of carbonyl (C=O) groups excluding carboxylic acids is 1. The van der Waals surface area contributed by atoms with Crippen molar-refractivity contribution >= 4 is 5.91 Å². The quantitative estimate of drug-likeness (QED) is 0.467. The van der Waals surface area contributed by atoms with Gasteiger partial charge in [-0.05, 0) is 49.9 Å². The predicted octanol–water partition coefficient (Wildman–Crippen LogP) is 4.27. The zero-order chi connectivity index (χ0) is 20.2. The van der Waals surface area contributed by atoms with Gasteiger partial charge >= 0.3 is 0 Å². The number of unbranched alkanes of at least 4 members (excludes halogenated alkanes) is 4. The summed E-state index contributed by atoms with van der Waals surface area (Å²) in [5.41, 5.74) is 2.51. The molecule has 5 heteroatoms. The Bertz CT molecular complexity index is 815. The summed E-state index contributed by atoms with van der Waals surface area (Å²) in [6.45, 7) is 5.08. The van der Waals surface area contributed by atoms with Crippen LogP contribution >= 0.6 is 0 Å². The number of aryl methyl sites for hydroxylation is 2. The Balaban J connectivity index is 1.74. The van der Waals surface area contributed by atoms with Crippen LogP contribution in [0, 0.1) is 11.8 Å². The van der Waals surface area contributed by atoms with Crippen LogP contribution in [0.4, 0.5) is 0 Å². The van der Waals surface area contributed by atoms with E-state index in [1.807, 2.05) is 44.2 Å². The van der Waals surface area contributed by atoms with Crippen LogP contribution < -0.4 is 10.1 Å². The van der Waals surface area contributed by atoms with Crippen LogP contribution in [0.2, 0.25) is 0 Å². The number of nitrogens with zero attached hydrogens (tertiary/aromatic N) is 2. The van der Waals surface area contributed by atoms with Gasteiger partial charge in [-0.25, -0.2) is 0 Å². The van der Waals surface area contributed by atoms with Crippen molar-refractivity contribution in [3.05, 3.63) is 47.3 Å². The first kappa shape index (κ1) is 21.6. The van der Waals surface area contributed by atoms with E-state index >= 15 is 0 Å². The van der Waals surface area contributed by atoms with Crippen LogP contribution in [0.1, 0.15) is 67.7 Å². The van der Waals surface area contributed by atoms with Crippen molar-refractivity contribution in [2.75, 3.05) is 6.61 Å². The summed E-state index contributed by atoms with van der Waals surface area (Å²) < 4.78 is 7.48. The lowest BCUT2D eigenvalue weighted by atomic mass is 10.1. The number of benzene rings is 1. The molecule has 2 aromatic rings. The molecule has 0 aliphatic heterocycles. The van der Waals surface area contributed by atoms with Crippen molar-refractivity contribution in [2.24, 2.45) is 7.05 Å². The lowest BCUT2D eigenvalue weighted by Gasteiger charge is -2.09. The molecule has 0 radical (unpaired) electrons. The third kappa shape index (κ3) is 7.11. The van der Waals surface area contributed by atoms with Gasteiger partial charge in [-0.1, -0.05) is 31.9 Å². The molecule has 0 aliphatic carbocycles. The predicted molar refractivity (Wildman–Crippen MR) is 112 cm³/mol. The summed E-state index contributed by atoms with van der Waals surface area (Å²) in [6.07, 6.45) is 6.35. The second-order valence-electron chi connectivity index (χ2n) is 6.77. The fourth-order valence-corrected chi connectivity index (χ4v) is 2.91. The Hall–Kier alpha value is -2.74. The normalized spacial score (nSPS) is 10.2. The van der Waals surface area contributed by atoms with E-state index in [-0.39, 0.29) is 5.91 Å². The molecule has 0 bridgehead atoms. The maximum atomic E-state index is 12.4. The molecule has 0 unspecified atom stereocenters. The molecule has 0 saturated carbocycles. The van der Waals surface area contributed by atoms with Crippen molar-refractivity contribution in [1.82, 2.24) is 15.1 Å². The number of carbonyl (C=O) groups is 1. The first-order valence-corrected chi connectivity index (χ1v) is 10.1. The fraction of sp³-hybridized carbons (Fsp3) is 0.478. The minimum atomic E-state index is -0.117. The summed E-state index contributed by atoms with van der Waals surface area (Å²) in [6, 6.07) is 9.72. The van der Waals surface area contributed by atoms with Gasteiger partial charge in [0.1, 0.15) is 11.4 Å². The average molecular weight is 382 g/mol. The van der Waals surface area contributed by atoms with E-state index in [1.54, 1.807) is 11.7 Å². The van der Waals surface area contributed by atoms with Crippen molar-refractivity contribution in [1.29, 1.82) is 0 Å². The van der Waals surface area contributed by atoms with Gasteiger partial charge in [-0.3, -0.25) is 9.48 Å². The van der Waals surface area contributed by atoms with Gasteiger partial charge in [0.05, 0.1) is 12.3 Å². The van der Waals surface area contributed by atoms with Crippen molar-refractivity contribution < 1.29 is 9.53 Å². The van der Waals surface area contributed by atoms with Crippen molar-refractivity contribution in [3.8, 4) is 17.6 Å². The van der Waals surface area contributed by atoms with Crippen LogP contribution in [0.3, 0.4) is 0 Å². The SMILES string of the molecule is CC#CCCCCCCOc1cccc(CNC(=O)c2cc(CC)nn2C)c1. The molecule has 0 aliphatic rings. The maximum absolute atomic E-state index is 12.4. The Morgan fingerprint density at radius 3 is 2.79 bits per heavy atom. The molecule has 150 valence electrons. The number of amides is 1. The van der Waals surface area contributed by atoms with Crippen LogP contribution in [-0.2, 0) is 20.0 Å². The lowest BCUT2D eigenvalue weighted by Crippen LogP contribution is -2.25. The zero-order valence-electron chi connectivity index (χ0n) is 17.3. The zero-order valence-corrected chi connectivity index (χ0v) is 17.3. The molecular formula is C23H31N3O2. The number of ether oxygens (including phenoxy) is 1. The third-order valence-corrected chi connectivity index (χ3v) is 4.52. The number of nitrogens with one attached hydrogen (secondary N) is 1. The topological polar surface area (TPSA) is 56.1 Å². The number of aromatic nitrogens is 2. The van der Waals surface area contributed by atoms with Crippen molar-refractivity contribution in [3.63, 3.8) is 0 Å². The lowest BCUT2D eigenvalue weighted by molar-refractivity contribution is 0.0941. The fourth-order valence-electron chi connectivity index (χ4n) is 2.91. The Morgan fingerprint density at radius 1 is 1.21 bits per heavy atom. The highest BCUT2D eigenvalue weighted by Gasteiger charge is 2.12. The Labute approximate surface area is 168 Å². The van der Waals surface area contributed by atoms with E-state index in [0.717, 1.165) is 49.1 Å². The highest BCUT2D eigenvalue weighted by Crippen LogP contribution is 2.14. The van der Waals surface area contributed by atoms with Gasteiger partial charge < -0.3 is 10.1 Å². The number of hydrogen-bond acceptors (Lipinski definition) is 3. The average Bonchev–Trinajstić information content (AvgIpc) is 3.09. The Morgan fingerprint density at radius 2 is 2.04 bits per heavy atom. The first-order valence-electron chi connectivity index (χ1n) is 10.1. The van der Waals surface area contributed by atoms with E-state index in [1.165, 1.54) is 6.42 Å². The number of rotatable bonds is 11. The maximum Gasteiger partial charge on any atom is 0.269 e. The van der Waals surface area contributed by atoms with E-state index < -0.39 is 0 Å². The van der Waals surface area contributed by atoms with E-state index in [4.69, 9.17) is 4.74 Å². The van der Waals surface area contributed by atoms with Gasteiger partial charge in [-0.2, -0.15) is 5.10 Å². The molecule has 0 fully saturated rings. The molecule has 0 saturated heterocycles. The molecule has 1 aromatic carbocycles. The van der Waals surface area contributed by atoms with Gasteiger partial charge in [0.2, 0.25) is 0 Å². The van der Waals surface area contributed by atoms with Gasteiger partial charge in [0.15, 0.2) is 0 Å². The molecule has 1 N–H and O–H groups in total. The number of hydrogen-bond donors (Lipinski definition) is 1. The third-order valence-electron chi connectivity index (χ3n) is 4.52. The largest absolute Gasteiger partial charge is 0.494 e. The highest BCUT2D eigenvalue weighted by atomic mass is 16.5. The molecule has 28 heavy (non-hydrogen) atoms. The van der Waals surface area contributed by atoms with Crippen LogP contribution in [0.25, 0.3) is 0 Å². The smallest absolute Gasteiger partial charge is 0.269 e. The summed E-state index contributed by atoms with van der Waals surface area (Å²) in [5.74, 6) is 6.74. The van der Waals surface area contributed by atoms with Gasteiger partial charge in [0, 0.05) is 20.0 Å². The minimum Gasteiger partial charge on any atom is -0.494 e. The molecule has 0 spiro atoms. The van der Waals surface area contributed by atoms with Crippen LogP contribution in [0.5, 0.6) is 5.75 Å². The molecule has 1 amide bonds. The summed E-state index contributed by atoms with van der Waals surface area (Å²) in [5, 5.41) is 7.27. The summed E-state index contributed by atoms with van der Waals surface area (Å²) in [4.78, 5) is 12.4. The second kappa shape index (κ2) is 11.9. The van der Waals surface area contributed by atoms with Crippen molar-refractivity contribution in [2.45, 2.75) is 58.9 Å². The van der Waals surface area contributed by atoms with E-state index in [0.29, 0.717) is 18.8 Å². The molecule has 1 heterocycles. The molecule has 5 nitrogen and oxygen atoms in total. The molecule has 1 aromatic heterocycles. The molecule has 2 rings (SSSR count). The minimum absolute atomic E-state index is 0.117. The second-order valence-corrected chi connectivity index (χ2v) is 6.77. The summed E-state index contributed by atoms with van der Waals surface area (Å²) >= 11 is 0.